The van der Waals surface area contributed by atoms with Crippen molar-refractivity contribution >= 4 is 12.1 Å². The Hall–Kier alpha value is -2.89. The number of carbonyl (C=O) groups is 2. The van der Waals surface area contributed by atoms with E-state index in [1.54, 1.807) is 25.3 Å². The molecular formula is C17H18N2O4. The van der Waals surface area contributed by atoms with E-state index in [2.05, 4.69) is 10.3 Å². The average molecular weight is 314 g/mol. The van der Waals surface area contributed by atoms with Crippen LogP contribution in [0.4, 0.5) is 4.79 Å². The smallest absolute Gasteiger partial charge is 0.407 e. The van der Waals surface area contributed by atoms with Gasteiger partial charge < -0.3 is 15.2 Å². The lowest BCUT2D eigenvalue weighted by Crippen LogP contribution is -2.30. The number of carboxylic acids is 1. The highest BCUT2D eigenvalue weighted by Crippen LogP contribution is 2.17. The van der Waals surface area contributed by atoms with Gasteiger partial charge >= 0.3 is 12.1 Å². The van der Waals surface area contributed by atoms with Crippen molar-refractivity contribution in [3.63, 3.8) is 0 Å². The van der Waals surface area contributed by atoms with Gasteiger partial charge in [-0.3, -0.25) is 9.78 Å². The highest BCUT2D eigenvalue weighted by molar-refractivity contribution is 5.72. The molecule has 1 heterocycles. The zero-order valence-electron chi connectivity index (χ0n) is 12.7. The summed E-state index contributed by atoms with van der Waals surface area (Å²) >= 11 is 0. The second-order valence-electron chi connectivity index (χ2n) is 5.09. The number of carboxylic acid groups (broad SMARTS) is 1. The first-order valence-electron chi connectivity index (χ1n) is 7.16. The fourth-order valence-corrected chi connectivity index (χ4v) is 2.12. The molecule has 0 aliphatic heterocycles. The number of amides is 1. The molecule has 0 radical (unpaired) electrons. The summed E-state index contributed by atoms with van der Waals surface area (Å²) in [6, 6.07) is 12.0. The van der Waals surface area contributed by atoms with Gasteiger partial charge in [0.2, 0.25) is 0 Å². The van der Waals surface area contributed by atoms with Gasteiger partial charge in [0.25, 0.3) is 0 Å². The summed E-state index contributed by atoms with van der Waals surface area (Å²) in [5.41, 5.74) is 2.28. The van der Waals surface area contributed by atoms with E-state index in [1.165, 1.54) is 0 Å². The number of alkyl carbamates (subject to hydrolysis) is 1. The topological polar surface area (TPSA) is 88.5 Å². The van der Waals surface area contributed by atoms with Crippen molar-refractivity contribution in [1.29, 1.82) is 0 Å². The van der Waals surface area contributed by atoms with Gasteiger partial charge in [0.05, 0.1) is 12.5 Å². The Morgan fingerprint density at radius 1 is 1.26 bits per heavy atom. The van der Waals surface area contributed by atoms with Gasteiger partial charge in [-0.25, -0.2) is 4.79 Å². The van der Waals surface area contributed by atoms with Crippen molar-refractivity contribution in [3.8, 4) is 0 Å². The number of rotatable bonds is 6. The lowest BCUT2D eigenvalue weighted by atomic mass is 10.0. The Morgan fingerprint density at radius 3 is 2.65 bits per heavy atom. The molecule has 0 fully saturated rings. The molecule has 1 aromatic carbocycles. The average Bonchev–Trinajstić information content (AvgIpc) is 2.53. The molecule has 23 heavy (non-hydrogen) atoms. The predicted molar refractivity (Wildman–Crippen MR) is 83.7 cm³/mol. The molecule has 1 aromatic heterocycles. The van der Waals surface area contributed by atoms with Crippen LogP contribution < -0.4 is 5.32 Å². The maximum atomic E-state index is 11.9. The lowest BCUT2D eigenvalue weighted by molar-refractivity contribution is -0.137. The molecule has 0 saturated heterocycles. The molecule has 2 rings (SSSR count). The van der Waals surface area contributed by atoms with Crippen molar-refractivity contribution in [3.05, 3.63) is 65.5 Å². The maximum absolute atomic E-state index is 11.9. The standard InChI is InChI=1S/C17H18N2O4/c1-12-9-14(7-8-18-12)15(10-16(20)21)19-17(22)23-11-13-5-3-2-4-6-13/h2-9,15H,10-11H2,1H3,(H,19,22)(H,20,21)/t15-/m1/s1. The maximum Gasteiger partial charge on any atom is 0.407 e. The summed E-state index contributed by atoms with van der Waals surface area (Å²) < 4.78 is 5.13. The minimum absolute atomic E-state index is 0.127. The van der Waals surface area contributed by atoms with Crippen molar-refractivity contribution in [2.24, 2.45) is 0 Å². The Kier molecular flexibility index (Phi) is 5.68. The number of nitrogens with one attached hydrogen (secondary N) is 1. The van der Waals surface area contributed by atoms with E-state index in [1.807, 2.05) is 30.3 Å². The minimum Gasteiger partial charge on any atom is -0.481 e. The summed E-state index contributed by atoms with van der Waals surface area (Å²) in [5, 5.41) is 11.6. The highest BCUT2D eigenvalue weighted by Gasteiger charge is 2.19. The van der Waals surface area contributed by atoms with Gasteiger partial charge in [0, 0.05) is 11.9 Å². The van der Waals surface area contributed by atoms with Crippen LogP contribution >= 0.6 is 0 Å². The Bertz CT molecular complexity index is 673. The van der Waals surface area contributed by atoms with Gasteiger partial charge in [0.1, 0.15) is 6.61 Å². The first-order chi connectivity index (χ1) is 11.0. The molecule has 1 atom stereocenters. The SMILES string of the molecule is Cc1cc([C@@H](CC(=O)O)NC(=O)OCc2ccccc2)ccn1. The second kappa shape index (κ2) is 7.93. The number of aryl methyl sites for hydroxylation is 1. The van der Waals surface area contributed by atoms with E-state index in [-0.39, 0.29) is 13.0 Å². The van der Waals surface area contributed by atoms with Gasteiger partial charge in [-0.1, -0.05) is 30.3 Å². The van der Waals surface area contributed by atoms with E-state index >= 15 is 0 Å². The molecule has 2 aromatic rings. The number of hydrogen-bond acceptors (Lipinski definition) is 4. The predicted octanol–water partition coefficient (Wildman–Crippen LogP) is 2.83. The molecule has 0 unspecified atom stereocenters. The number of pyridine rings is 1. The summed E-state index contributed by atoms with van der Waals surface area (Å²) in [4.78, 5) is 27.0. The van der Waals surface area contributed by atoms with Crippen LogP contribution in [0.25, 0.3) is 0 Å². The number of aromatic nitrogens is 1. The van der Waals surface area contributed by atoms with Gasteiger partial charge in [-0.15, -0.1) is 0 Å². The minimum atomic E-state index is -1.01. The van der Waals surface area contributed by atoms with Crippen LogP contribution in [0.3, 0.4) is 0 Å². The number of hydrogen-bond donors (Lipinski definition) is 2. The van der Waals surface area contributed by atoms with Crippen LogP contribution in [0.1, 0.15) is 29.3 Å². The van der Waals surface area contributed by atoms with Crippen molar-refractivity contribution in [2.45, 2.75) is 26.0 Å². The third-order valence-corrected chi connectivity index (χ3v) is 3.21. The lowest BCUT2D eigenvalue weighted by Gasteiger charge is -2.17. The highest BCUT2D eigenvalue weighted by atomic mass is 16.5. The third kappa shape index (κ3) is 5.43. The Balaban J connectivity index is 1.99. The van der Waals surface area contributed by atoms with E-state index in [0.717, 1.165) is 11.3 Å². The molecule has 1 amide bonds. The van der Waals surface area contributed by atoms with E-state index in [4.69, 9.17) is 9.84 Å². The Labute approximate surface area is 134 Å². The fraction of sp³-hybridized carbons (Fsp3) is 0.235. The van der Waals surface area contributed by atoms with Gasteiger partial charge in [-0.05, 0) is 30.2 Å². The van der Waals surface area contributed by atoms with E-state index in [9.17, 15) is 9.59 Å². The molecule has 6 heteroatoms. The summed E-state index contributed by atoms with van der Waals surface area (Å²) in [6.07, 6.45) is 0.690. The second-order valence-corrected chi connectivity index (χ2v) is 5.09. The Morgan fingerprint density at radius 2 is 2.00 bits per heavy atom. The summed E-state index contributed by atoms with van der Waals surface area (Å²) in [5.74, 6) is -1.01. The van der Waals surface area contributed by atoms with Crippen LogP contribution in [-0.4, -0.2) is 22.2 Å². The molecular weight excluding hydrogens is 296 g/mol. The molecule has 6 nitrogen and oxygen atoms in total. The summed E-state index contributed by atoms with van der Waals surface area (Å²) in [7, 11) is 0. The zero-order chi connectivity index (χ0) is 16.7. The van der Waals surface area contributed by atoms with Crippen LogP contribution in [-0.2, 0) is 16.1 Å². The van der Waals surface area contributed by atoms with Crippen molar-refractivity contribution in [1.82, 2.24) is 10.3 Å². The van der Waals surface area contributed by atoms with Crippen molar-refractivity contribution in [2.75, 3.05) is 0 Å². The van der Waals surface area contributed by atoms with Gasteiger partial charge in [0.15, 0.2) is 0 Å². The fourth-order valence-electron chi connectivity index (χ4n) is 2.12. The normalized spacial score (nSPS) is 11.5. The van der Waals surface area contributed by atoms with E-state index in [0.29, 0.717) is 5.56 Å². The molecule has 0 bridgehead atoms. The molecule has 0 spiro atoms. The number of carbonyl (C=O) groups excluding carboxylic acids is 1. The monoisotopic (exact) mass is 314 g/mol. The van der Waals surface area contributed by atoms with Crippen LogP contribution in [0.5, 0.6) is 0 Å². The summed E-state index contributed by atoms with van der Waals surface area (Å²) in [6.45, 7) is 1.93. The number of aliphatic carboxylic acids is 1. The quantitative estimate of drug-likeness (QED) is 0.856. The van der Waals surface area contributed by atoms with Crippen molar-refractivity contribution < 1.29 is 19.4 Å². The number of nitrogens with zero attached hydrogens (tertiary/aromatic N) is 1. The van der Waals surface area contributed by atoms with E-state index < -0.39 is 18.1 Å². The molecule has 0 aliphatic carbocycles. The number of benzene rings is 1. The first-order valence-corrected chi connectivity index (χ1v) is 7.16. The molecule has 120 valence electrons. The number of ether oxygens (including phenoxy) is 1. The molecule has 0 saturated carbocycles. The molecule has 0 aliphatic rings. The van der Waals surface area contributed by atoms with Crippen LogP contribution in [0, 0.1) is 6.92 Å². The van der Waals surface area contributed by atoms with Crippen LogP contribution in [0.2, 0.25) is 0 Å². The van der Waals surface area contributed by atoms with Gasteiger partial charge in [-0.2, -0.15) is 0 Å². The molecule has 2 N–H and O–H groups in total. The van der Waals surface area contributed by atoms with Crippen LogP contribution in [0.15, 0.2) is 48.7 Å². The third-order valence-electron chi connectivity index (χ3n) is 3.21. The largest absolute Gasteiger partial charge is 0.481 e. The zero-order valence-corrected chi connectivity index (χ0v) is 12.7. The first kappa shape index (κ1) is 16.5.